The van der Waals surface area contributed by atoms with Crippen molar-refractivity contribution in [3.8, 4) is 17.2 Å². The molecule has 0 aliphatic rings. The number of carbonyl (C=O) groups excluding carboxylic acids is 1. The first-order valence-corrected chi connectivity index (χ1v) is 9.10. The van der Waals surface area contributed by atoms with Crippen LogP contribution in [0.2, 0.25) is 0 Å². The van der Waals surface area contributed by atoms with Crippen LogP contribution >= 0.6 is 11.3 Å². The van der Waals surface area contributed by atoms with Gasteiger partial charge in [-0.05, 0) is 43.7 Å². The van der Waals surface area contributed by atoms with Gasteiger partial charge in [0.25, 0.3) is 5.91 Å². The van der Waals surface area contributed by atoms with E-state index >= 15 is 0 Å². The largest absolute Gasteiger partial charge is 0.494 e. The molecule has 25 heavy (non-hydrogen) atoms. The normalized spacial score (nSPS) is 10.6. The number of anilines is 1. The summed E-state index contributed by atoms with van der Waals surface area (Å²) in [4.78, 5) is 16.8. The first kappa shape index (κ1) is 17.2. The standard InChI is InChI=1S/C19H20N2O3S/c1-3-4-10-23-15-7-5-6-14(11-15)18(22)21-19-20-16(12-25-19)17-9-8-13(2)24-17/h5-9,11-12H,3-4,10H2,1-2H3,(H,20,21,22). The number of furan rings is 1. The number of aromatic nitrogens is 1. The number of unbranched alkanes of at least 4 members (excludes halogenated alkanes) is 1. The van der Waals surface area contributed by atoms with E-state index in [1.807, 2.05) is 36.6 Å². The zero-order valence-electron chi connectivity index (χ0n) is 14.2. The lowest BCUT2D eigenvalue weighted by atomic mass is 10.2. The summed E-state index contributed by atoms with van der Waals surface area (Å²) in [7, 11) is 0. The smallest absolute Gasteiger partial charge is 0.257 e. The zero-order chi connectivity index (χ0) is 17.6. The van der Waals surface area contributed by atoms with Crippen molar-refractivity contribution in [3.63, 3.8) is 0 Å². The Morgan fingerprint density at radius 3 is 2.96 bits per heavy atom. The lowest BCUT2D eigenvalue weighted by molar-refractivity contribution is 0.102. The van der Waals surface area contributed by atoms with E-state index in [0.29, 0.717) is 34.5 Å². The molecule has 2 aromatic heterocycles. The van der Waals surface area contributed by atoms with Gasteiger partial charge in [-0.15, -0.1) is 11.3 Å². The third kappa shape index (κ3) is 4.48. The highest BCUT2D eigenvalue weighted by atomic mass is 32.1. The second-order valence-corrected chi connectivity index (χ2v) is 6.49. The molecular formula is C19H20N2O3S. The van der Waals surface area contributed by atoms with Gasteiger partial charge >= 0.3 is 0 Å². The van der Waals surface area contributed by atoms with Gasteiger partial charge in [0, 0.05) is 10.9 Å². The molecule has 0 bridgehead atoms. The van der Waals surface area contributed by atoms with Crippen LogP contribution in [0, 0.1) is 6.92 Å². The zero-order valence-corrected chi connectivity index (χ0v) is 15.1. The topological polar surface area (TPSA) is 64.4 Å². The van der Waals surface area contributed by atoms with Crippen LogP contribution in [0.3, 0.4) is 0 Å². The van der Waals surface area contributed by atoms with E-state index in [4.69, 9.17) is 9.15 Å². The monoisotopic (exact) mass is 356 g/mol. The number of hydrogen-bond acceptors (Lipinski definition) is 5. The minimum atomic E-state index is -0.211. The Labute approximate surface area is 150 Å². The average Bonchev–Trinajstić information content (AvgIpc) is 3.24. The molecule has 3 aromatic rings. The van der Waals surface area contributed by atoms with Gasteiger partial charge in [-0.2, -0.15) is 0 Å². The molecule has 1 amide bonds. The van der Waals surface area contributed by atoms with Crippen molar-refractivity contribution in [3.05, 3.63) is 53.1 Å². The molecule has 0 radical (unpaired) electrons. The summed E-state index contributed by atoms with van der Waals surface area (Å²) < 4.78 is 11.2. The van der Waals surface area contributed by atoms with Crippen molar-refractivity contribution in [2.24, 2.45) is 0 Å². The fourth-order valence-electron chi connectivity index (χ4n) is 2.25. The highest BCUT2D eigenvalue weighted by molar-refractivity contribution is 7.14. The van der Waals surface area contributed by atoms with E-state index in [1.165, 1.54) is 11.3 Å². The molecule has 0 aliphatic heterocycles. The number of nitrogens with zero attached hydrogens (tertiary/aromatic N) is 1. The van der Waals surface area contributed by atoms with Gasteiger partial charge in [0.05, 0.1) is 6.61 Å². The van der Waals surface area contributed by atoms with Crippen LogP contribution in [0.25, 0.3) is 11.5 Å². The third-order valence-corrected chi connectivity index (χ3v) is 4.34. The maximum absolute atomic E-state index is 12.4. The van der Waals surface area contributed by atoms with Gasteiger partial charge in [0.2, 0.25) is 0 Å². The van der Waals surface area contributed by atoms with E-state index < -0.39 is 0 Å². The Balaban J connectivity index is 1.66. The molecule has 6 heteroatoms. The molecule has 0 saturated carbocycles. The fraction of sp³-hybridized carbons (Fsp3) is 0.263. The van der Waals surface area contributed by atoms with Crippen LogP contribution in [0.1, 0.15) is 35.9 Å². The molecule has 0 atom stereocenters. The number of ether oxygens (including phenoxy) is 1. The number of thiazole rings is 1. The van der Waals surface area contributed by atoms with Gasteiger partial charge in [0.1, 0.15) is 17.2 Å². The van der Waals surface area contributed by atoms with E-state index in [1.54, 1.807) is 12.1 Å². The highest BCUT2D eigenvalue weighted by Crippen LogP contribution is 2.26. The quantitative estimate of drug-likeness (QED) is 0.595. The maximum atomic E-state index is 12.4. The van der Waals surface area contributed by atoms with Gasteiger partial charge in [-0.1, -0.05) is 19.4 Å². The summed E-state index contributed by atoms with van der Waals surface area (Å²) in [6, 6.07) is 10.9. The van der Waals surface area contributed by atoms with Gasteiger partial charge in [-0.3, -0.25) is 10.1 Å². The predicted molar refractivity (Wildman–Crippen MR) is 99.4 cm³/mol. The number of nitrogens with one attached hydrogen (secondary N) is 1. The minimum absolute atomic E-state index is 0.211. The Bertz CT molecular complexity index is 854. The first-order valence-electron chi connectivity index (χ1n) is 8.22. The molecule has 1 N–H and O–H groups in total. The van der Waals surface area contributed by atoms with Gasteiger partial charge in [0.15, 0.2) is 10.9 Å². The summed E-state index contributed by atoms with van der Waals surface area (Å²) >= 11 is 1.36. The molecule has 0 fully saturated rings. The number of amides is 1. The van der Waals surface area contributed by atoms with Gasteiger partial charge < -0.3 is 9.15 Å². The van der Waals surface area contributed by atoms with E-state index in [9.17, 15) is 4.79 Å². The third-order valence-electron chi connectivity index (χ3n) is 3.58. The average molecular weight is 356 g/mol. The van der Waals surface area contributed by atoms with Crippen LogP contribution in [0.15, 0.2) is 46.2 Å². The van der Waals surface area contributed by atoms with Crippen LogP contribution in [-0.4, -0.2) is 17.5 Å². The number of carbonyl (C=O) groups is 1. The Hall–Kier alpha value is -2.60. The minimum Gasteiger partial charge on any atom is -0.494 e. The van der Waals surface area contributed by atoms with E-state index in [-0.39, 0.29) is 5.91 Å². The van der Waals surface area contributed by atoms with Crippen LogP contribution in [-0.2, 0) is 0 Å². The SMILES string of the molecule is CCCCOc1cccc(C(=O)Nc2nc(-c3ccc(C)o3)cs2)c1. The first-order chi connectivity index (χ1) is 12.2. The Kier molecular flexibility index (Phi) is 5.50. The van der Waals surface area contributed by atoms with E-state index in [0.717, 1.165) is 18.6 Å². The van der Waals surface area contributed by atoms with Crippen LogP contribution in [0.5, 0.6) is 5.75 Å². The van der Waals surface area contributed by atoms with E-state index in [2.05, 4.69) is 17.2 Å². The Morgan fingerprint density at radius 2 is 2.20 bits per heavy atom. The molecule has 3 rings (SSSR count). The summed E-state index contributed by atoms with van der Waals surface area (Å²) in [5.41, 5.74) is 1.25. The lowest BCUT2D eigenvalue weighted by Crippen LogP contribution is -2.11. The lowest BCUT2D eigenvalue weighted by Gasteiger charge is -2.07. The number of hydrogen-bond donors (Lipinski definition) is 1. The molecule has 130 valence electrons. The second-order valence-electron chi connectivity index (χ2n) is 5.63. The van der Waals surface area contributed by atoms with Crippen LogP contribution in [0.4, 0.5) is 5.13 Å². The number of benzene rings is 1. The maximum Gasteiger partial charge on any atom is 0.257 e. The Morgan fingerprint density at radius 1 is 1.32 bits per heavy atom. The van der Waals surface area contributed by atoms with Crippen molar-refractivity contribution in [1.82, 2.24) is 4.98 Å². The van der Waals surface area contributed by atoms with Crippen molar-refractivity contribution >= 4 is 22.4 Å². The van der Waals surface area contributed by atoms with Crippen LogP contribution < -0.4 is 10.1 Å². The van der Waals surface area contributed by atoms with Crippen molar-refractivity contribution < 1.29 is 13.9 Å². The predicted octanol–water partition coefficient (Wildman–Crippen LogP) is 5.14. The molecule has 5 nitrogen and oxygen atoms in total. The molecule has 0 unspecified atom stereocenters. The second kappa shape index (κ2) is 7.98. The van der Waals surface area contributed by atoms with Crippen molar-refractivity contribution in [2.45, 2.75) is 26.7 Å². The molecule has 0 spiro atoms. The summed E-state index contributed by atoms with van der Waals surface area (Å²) in [5.74, 6) is 2.01. The molecule has 0 saturated heterocycles. The van der Waals surface area contributed by atoms with Gasteiger partial charge in [-0.25, -0.2) is 4.98 Å². The van der Waals surface area contributed by atoms with Crippen molar-refractivity contribution in [2.75, 3.05) is 11.9 Å². The molecule has 2 heterocycles. The molecule has 1 aromatic carbocycles. The van der Waals surface area contributed by atoms with Crippen molar-refractivity contribution in [1.29, 1.82) is 0 Å². The molecule has 0 aliphatic carbocycles. The summed E-state index contributed by atoms with van der Waals surface area (Å²) in [6.45, 7) is 4.65. The number of aryl methyl sites for hydroxylation is 1. The number of rotatable bonds is 7. The fourth-order valence-corrected chi connectivity index (χ4v) is 2.94. The summed E-state index contributed by atoms with van der Waals surface area (Å²) in [5, 5.41) is 5.21. The molecular weight excluding hydrogens is 336 g/mol. The summed E-state index contributed by atoms with van der Waals surface area (Å²) in [6.07, 6.45) is 2.06. The highest BCUT2D eigenvalue weighted by Gasteiger charge is 2.12.